The molecule has 0 bridgehead atoms. The molecule has 3 N–H and O–H groups in total. The zero-order valence-corrected chi connectivity index (χ0v) is 14.3. The van der Waals surface area contributed by atoms with Gasteiger partial charge in [0.15, 0.2) is 6.10 Å². The van der Waals surface area contributed by atoms with Crippen LogP contribution in [0.4, 0.5) is 0 Å². The highest BCUT2D eigenvalue weighted by Gasteiger charge is 2.15. The van der Waals surface area contributed by atoms with Crippen molar-refractivity contribution in [2.45, 2.75) is 96.5 Å². The second kappa shape index (κ2) is 16.5. The van der Waals surface area contributed by atoms with Gasteiger partial charge in [-0.2, -0.15) is 0 Å². The number of unbranched alkanes of at least 4 members (excludes halogenated alkanes) is 10. The third kappa shape index (κ3) is 14.1. The summed E-state index contributed by atoms with van der Waals surface area (Å²) in [6, 6.07) is 0. The first-order chi connectivity index (χ1) is 10.7. The summed E-state index contributed by atoms with van der Waals surface area (Å²) < 4.78 is 0. The van der Waals surface area contributed by atoms with Gasteiger partial charge in [0.1, 0.15) is 0 Å². The van der Waals surface area contributed by atoms with Gasteiger partial charge in [-0.1, -0.05) is 70.4 Å². The Morgan fingerprint density at radius 3 is 1.95 bits per heavy atom. The third-order valence-corrected chi connectivity index (χ3v) is 3.92. The van der Waals surface area contributed by atoms with Crippen molar-refractivity contribution in [3.8, 4) is 0 Å². The van der Waals surface area contributed by atoms with Crippen molar-refractivity contribution < 1.29 is 14.7 Å². The number of nitrogens with two attached hydrogens (primary N) is 1. The minimum atomic E-state index is -0.972. The van der Waals surface area contributed by atoms with Crippen molar-refractivity contribution in [2.75, 3.05) is 0 Å². The summed E-state index contributed by atoms with van der Waals surface area (Å²) in [5, 5.41) is 8.76. The lowest BCUT2D eigenvalue weighted by atomic mass is 10.1. The van der Waals surface area contributed by atoms with Gasteiger partial charge in [-0.15, -0.1) is 0 Å². The molecule has 130 valence electrons. The van der Waals surface area contributed by atoms with Crippen LogP contribution in [-0.4, -0.2) is 17.2 Å². The molecule has 0 aromatic rings. The van der Waals surface area contributed by atoms with Crippen LogP contribution in [-0.2, 0) is 9.63 Å². The highest BCUT2D eigenvalue weighted by atomic mass is 16.6. The minimum absolute atomic E-state index is 0.500. The largest absolute Gasteiger partial charge is 0.479 e. The van der Waals surface area contributed by atoms with Crippen LogP contribution in [0.15, 0.2) is 12.2 Å². The van der Waals surface area contributed by atoms with Gasteiger partial charge in [0, 0.05) is 0 Å². The fourth-order valence-electron chi connectivity index (χ4n) is 2.47. The number of aliphatic carboxylic acids is 1. The van der Waals surface area contributed by atoms with Gasteiger partial charge >= 0.3 is 5.97 Å². The molecule has 0 aromatic heterocycles. The van der Waals surface area contributed by atoms with E-state index in [1.54, 1.807) is 0 Å². The number of hydrogen-bond acceptors (Lipinski definition) is 3. The average Bonchev–Trinajstić information content (AvgIpc) is 2.51. The predicted octanol–water partition coefficient (Wildman–Crippen LogP) is 4.98. The first-order valence-electron chi connectivity index (χ1n) is 8.95. The van der Waals surface area contributed by atoms with Crippen LogP contribution in [0, 0.1) is 0 Å². The molecule has 4 heteroatoms. The summed E-state index contributed by atoms with van der Waals surface area (Å²) in [5.74, 6) is 3.97. The lowest BCUT2D eigenvalue weighted by Gasteiger charge is -2.08. The Kier molecular flexibility index (Phi) is 15.8. The highest BCUT2D eigenvalue weighted by Crippen LogP contribution is 2.10. The molecule has 0 spiro atoms. The van der Waals surface area contributed by atoms with Gasteiger partial charge < -0.3 is 5.11 Å². The van der Waals surface area contributed by atoms with Crippen molar-refractivity contribution in [3.63, 3.8) is 0 Å². The van der Waals surface area contributed by atoms with E-state index in [2.05, 4.69) is 23.9 Å². The van der Waals surface area contributed by atoms with E-state index in [4.69, 9.17) is 11.0 Å². The van der Waals surface area contributed by atoms with E-state index >= 15 is 0 Å². The lowest BCUT2D eigenvalue weighted by molar-refractivity contribution is -0.151. The van der Waals surface area contributed by atoms with E-state index in [-0.39, 0.29) is 0 Å². The monoisotopic (exact) mass is 313 g/mol. The maximum absolute atomic E-state index is 10.7. The quantitative estimate of drug-likeness (QED) is 0.239. The molecule has 0 radical (unpaired) electrons. The number of hydrogen-bond donors (Lipinski definition) is 2. The SMILES string of the molecule is CCCCCCCC/C=C\CCCCCCC(ON)C(=O)O. The third-order valence-electron chi connectivity index (χ3n) is 3.92. The van der Waals surface area contributed by atoms with Crippen LogP contribution < -0.4 is 5.90 Å². The summed E-state index contributed by atoms with van der Waals surface area (Å²) in [7, 11) is 0. The van der Waals surface area contributed by atoms with Crippen molar-refractivity contribution in [1.29, 1.82) is 0 Å². The standard InChI is InChI=1S/C18H35NO3/c1-2-3-4-5-6-7-8-9-10-11-12-13-14-15-16-17(22-19)18(20)21/h9-10,17H,2-8,11-16,19H2,1H3,(H,20,21)/b10-9-. The molecule has 1 atom stereocenters. The van der Waals surface area contributed by atoms with Crippen molar-refractivity contribution in [3.05, 3.63) is 12.2 Å². The molecule has 0 aromatic carbocycles. The zero-order chi connectivity index (χ0) is 16.5. The van der Waals surface area contributed by atoms with Gasteiger partial charge in [-0.05, 0) is 32.1 Å². The Morgan fingerprint density at radius 1 is 0.955 bits per heavy atom. The first kappa shape index (κ1) is 21.1. The molecule has 0 aliphatic rings. The van der Waals surface area contributed by atoms with Gasteiger partial charge in [0.05, 0.1) is 0 Å². The number of allylic oxidation sites excluding steroid dienone is 2. The Bertz CT molecular complexity index is 280. The highest BCUT2D eigenvalue weighted by molar-refractivity contribution is 5.72. The van der Waals surface area contributed by atoms with Crippen LogP contribution in [0.5, 0.6) is 0 Å². The molecule has 1 unspecified atom stereocenters. The number of carbonyl (C=O) groups is 1. The maximum atomic E-state index is 10.7. The Hall–Kier alpha value is -0.870. The van der Waals surface area contributed by atoms with Gasteiger partial charge in [-0.25, -0.2) is 10.7 Å². The molecule has 0 aliphatic carbocycles. The number of rotatable bonds is 16. The summed E-state index contributed by atoms with van der Waals surface area (Å²) in [5.41, 5.74) is 0. The van der Waals surface area contributed by atoms with Gasteiger partial charge in [0.2, 0.25) is 0 Å². The van der Waals surface area contributed by atoms with Crippen molar-refractivity contribution in [2.24, 2.45) is 5.90 Å². The van der Waals surface area contributed by atoms with E-state index in [1.807, 2.05) is 0 Å². The van der Waals surface area contributed by atoms with Gasteiger partial charge in [0.25, 0.3) is 0 Å². The smallest absolute Gasteiger partial charge is 0.334 e. The van der Waals surface area contributed by atoms with Crippen LogP contribution in [0.1, 0.15) is 90.4 Å². The molecule has 0 saturated carbocycles. The second-order valence-electron chi connectivity index (χ2n) is 5.98. The Labute approximate surface area is 136 Å². The number of carboxylic acid groups (broad SMARTS) is 1. The van der Waals surface area contributed by atoms with E-state index in [1.165, 1.54) is 51.4 Å². The van der Waals surface area contributed by atoms with E-state index in [0.29, 0.717) is 6.42 Å². The minimum Gasteiger partial charge on any atom is -0.479 e. The topological polar surface area (TPSA) is 72.5 Å². The van der Waals surface area contributed by atoms with Crippen molar-refractivity contribution >= 4 is 5.97 Å². The van der Waals surface area contributed by atoms with Crippen LogP contribution in [0.2, 0.25) is 0 Å². The molecular formula is C18H35NO3. The predicted molar refractivity (Wildman–Crippen MR) is 91.5 cm³/mol. The molecule has 0 amide bonds. The van der Waals surface area contributed by atoms with Crippen LogP contribution in [0.3, 0.4) is 0 Å². The molecule has 0 saturated heterocycles. The summed E-state index contributed by atoms with van der Waals surface area (Å²) in [4.78, 5) is 15.1. The Balaban J connectivity index is 3.25. The first-order valence-corrected chi connectivity index (χ1v) is 8.95. The molecular weight excluding hydrogens is 278 g/mol. The molecule has 0 aliphatic heterocycles. The van der Waals surface area contributed by atoms with Crippen LogP contribution >= 0.6 is 0 Å². The zero-order valence-electron chi connectivity index (χ0n) is 14.3. The lowest BCUT2D eigenvalue weighted by Crippen LogP contribution is -2.26. The summed E-state index contributed by atoms with van der Waals surface area (Å²) >= 11 is 0. The molecule has 22 heavy (non-hydrogen) atoms. The number of carboxylic acids is 1. The molecule has 0 heterocycles. The maximum Gasteiger partial charge on any atom is 0.334 e. The second-order valence-corrected chi connectivity index (χ2v) is 5.98. The van der Waals surface area contributed by atoms with Gasteiger partial charge in [-0.3, -0.25) is 4.84 Å². The Morgan fingerprint density at radius 2 is 1.45 bits per heavy atom. The van der Waals surface area contributed by atoms with Crippen molar-refractivity contribution in [1.82, 2.24) is 0 Å². The fraction of sp³-hybridized carbons (Fsp3) is 0.833. The van der Waals surface area contributed by atoms with E-state index in [9.17, 15) is 4.79 Å². The molecule has 4 nitrogen and oxygen atoms in total. The molecule has 0 rings (SSSR count). The molecule has 0 fully saturated rings. The van der Waals surface area contributed by atoms with Crippen LogP contribution in [0.25, 0.3) is 0 Å². The van der Waals surface area contributed by atoms with E-state index in [0.717, 1.165) is 25.7 Å². The average molecular weight is 313 g/mol. The summed E-state index contributed by atoms with van der Waals surface area (Å²) in [6.07, 6.45) is 18.9. The van der Waals surface area contributed by atoms with E-state index < -0.39 is 12.1 Å². The fourth-order valence-corrected chi connectivity index (χ4v) is 2.47. The summed E-state index contributed by atoms with van der Waals surface area (Å²) in [6.45, 7) is 2.25. The normalized spacial score (nSPS) is 12.8.